The van der Waals surface area contributed by atoms with E-state index in [1.807, 2.05) is 6.20 Å². The fraction of sp³-hybridized carbons (Fsp3) is 0.625. The molecular formula is C16H24N2O2. The van der Waals surface area contributed by atoms with E-state index < -0.39 is 0 Å². The molecule has 1 N–H and O–H groups in total. The Bertz CT molecular complexity index is 466. The number of hydrogen-bond donors (Lipinski definition) is 1. The average molecular weight is 276 g/mol. The predicted octanol–water partition coefficient (Wildman–Crippen LogP) is 2.52. The number of esters is 1. The van der Waals surface area contributed by atoms with Crippen molar-refractivity contribution in [2.24, 2.45) is 5.92 Å². The van der Waals surface area contributed by atoms with E-state index in [-0.39, 0.29) is 11.9 Å². The van der Waals surface area contributed by atoms with E-state index in [0.717, 1.165) is 37.9 Å². The van der Waals surface area contributed by atoms with E-state index >= 15 is 0 Å². The molecule has 1 heterocycles. The monoisotopic (exact) mass is 276 g/mol. The Morgan fingerprint density at radius 2 is 2.05 bits per heavy atom. The van der Waals surface area contributed by atoms with Crippen molar-refractivity contribution in [3.8, 4) is 0 Å². The van der Waals surface area contributed by atoms with Crippen LogP contribution in [0.1, 0.15) is 42.5 Å². The number of aromatic nitrogens is 1. The Labute approximate surface area is 120 Å². The highest BCUT2D eigenvalue weighted by atomic mass is 16.5. The second-order valence-electron chi connectivity index (χ2n) is 5.73. The minimum atomic E-state index is -0.0560. The molecule has 0 radical (unpaired) electrons. The van der Waals surface area contributed by atoms with Gasteiger partial charge in [-0.05, 0) is 50.7 Å². The van der Waals surface area contributed by atoms with Gasteiger partial charge in [-0.1, -0.05) is 6.07 Å². The van der Waals surface area contributed by atoms with Gasteiger partial charge in [-0.2, -0.15) is 0 Å². The van der Waals surface area contributed by atoms with Gasteiger partial charge in [0.1, 0.15) is 0 Å². The maximum atomic E-state index is 11.5. The number of nitrogens with one attached hydrogen (secondary N) is 1. The summed E-state index contributed by atoms with van der Waals surface area (Å²) in [6.45, 7) is 4.97. The lowest BCUT2D eigenvalue weighted by Crippen LogP contribution is -2.35. The lowest BCUT2D eigenvalue weighted by Gasteiger charge is -2.27. The lowest BCUT2D eigenvalue weighted by molar-refractivity contribution is -0.146. The maximum absolute atomic E-state index is 11.5. The molecule has 1 aliphatic carbocycles. The zero-order chi connectivity index (χ0) is 14.5. The van der Waals surface area contributed by atoms with Gasteiger partial charge in [0.2, 0.25) is 0 Å². The zero-order valence-corrected chi connectivity index (χ0v) is 12.6. The van der Waals surface area contributed by atoms with Gasteiger partial charge < -0.3 is 10.1 Å². The Morgan fingerprint density at radius 1 is 1.35 bits per heavy atom. The minimum absolute atomic E-state index is 0.0560. The first-order valence-electron chi connectivity index (χ1n) is 7.33. The van der Waals surface area contributed by atoms with Crippen molar-refractivity contribution in [1.29, 1.82) is 0 Å². The predicted molar refractivity (Wildman–Crippen MR) is 78.3 cm³/mol. The van der Waals surface area contributed by atoms with Crippen molar-refractivity contribution in [2.45, 2.75) is 52.1 Å². The van der Waals surface area contributed by atoms with Crippen molar-refractivity contribution in [2.75, 3.05) is 7.11 Å². The Hall–Kier alpha value is -1.42. The molecule has 1 aliphatic rings. The van der Waals surface area contributed by atoms with Gasteiger partial charge in [0.05, 0.1) is 18.7 Å². The second kappa shape index (κ2) is 6.84. The van der Waals surface area contributed by atoms with Crippen LogP contribution in [-0.2, 0) is 16.1 Å². The summed E-state index contributed by atoms with van der Waals surface area (Å²) in [5, 5.41) is 3.56. The minimum Gasteiger partial charge on any atom is -0.469 e. The van der Waals surface area contributed by atoms with Gasteiger partial charge >= 0.3 is 5.97 Å². The molecular weight excluding hydrogens is 252 g/mol. The van der Waals surface area contributed by atoms with E-state index in [1.165, 1.54) is 18.2 Å². The van der Waals surface area contributed by atoms with Crippen molar-refractivity contribution < 1.29 is 9.53 Å². The molecule has 4 nitrogen and oxygen atoms in total. The molecule has 0 atom stereocenters. The van der Waals surface area contributed by atoms with Crippen molar-refractivity contribution in [1.82, 2.24) is 10.3 Å². The molecule has 20 heavy (non-hydrogen) atoms. The molecule has 0 spiro atoms. The van der Waals surface area contributed by atoms with Gasteiger partial charge in [0.15, 0.2) is 0 Å². The summed E-state index contributed by atoms with van der Waals surface area (Å²) in [5.74, 6) is 0.0387. The first-order valence-corrected chi connectivity index (χ1v) is 7.33. The third-order valence-corrected chi connectivity index (χ3v) is 4.14. The lowest BCUT2D eigenvalue weighted by atomic mass is 9.86. The molecule has 0 unspecified atom stereocenters. The number of nitrogens with zero attached hydrogens (tertiary/aromatic N) is 1. The number of methoxy groups -OCH3 is 1. The van der Waals surface area contributed by atoms with Crippen molar-refractivity contribution in [3.05, 3.63) is 29.1 Å². The smallest absolute Gasteiger partial charge is 0.308 e. The van der Waals surface area contributed by atoms with Crippen LogP contribution < -0.4 is 5.32 Å². The van der Waals surface area contributed by atoms with Crippen LogP contribution in [0.25, 0.3) is 0 Å². The molecule has 110 valence electrons. The van der Waals surface area contributed by atoms with Gasteiger partial charge in [-0.3, -0.25) is 9.78 Å². The SMILES string of the molecule is COC(=O)[C@H]1CC[C@H](NCc2ncc(C)cc2C)CC1. The molecule has 0 saturated heterocycles. The molecule has 0 aromatic carbocycles. The van der Waals surface area contributed by atoms with Crippen LogP contribution in [0.3, 0.4) is 0 Å². The fourth-order valence-corrected chi connectivity index (χ4v) is 2.87. The highest BCUT2D eigenvalue weighted by Gasteiger charge is 2.26. The number of carbonyl (C=O) groups is 1. The number of ether oxygens (including phenoxy) is 1. The second-order valence-corrected chi connectivity index (χ2v) is 5.73. The third-order valence-electron chi connectivity index (χ3n) is 4.14. The van der Waals surface area contributed by atoms with E-state index in [1.54, 1.807) is 0 Å². The van der Waals surface area contributed by atoms with E-state index in [0.29, 0.717) is 6.04 Å². The van der Waals surface area contributed by atoms with E-state index in [9.17, 15) is 4.79 Å². The van der Waals surface area contributed by atoms with Gasteiger partial charge in [0.25, 0.3) is 0 Å². The van der Waals surface area contributed by atoms with Crippen LogP contribution in [0.15, 0.2) is 12.3 Å². The summed E-state index contributed by atoms with van der Waals surface area (Å²) in [5.41, 5.74) is 3.55. The summed E-state index contributed by atoms with van der Waals surface area (Å²) in [6, 6.07) is 2.65. The summed E-state index contributed by atoms with van der Waals surface area (Å²) >= 11 is 0. The number of aryl methyl sites for hydroxylation is 2. The third kappa shape index (κ3) is 3.79. The first-order chi connectivity index (χ1) is 9.60. The average Bonchev–Trinajstić information content (AvgIpc) is 2.46. The Morgan fingerprint density at radius 3 is 2.65 bits per heavy atom. The topological polar surface area (TPSA) is 51.2 Å². The zero-order valence-electron chi connectivity index (χ0n) is 12.6. The largest absolute Gasteiger partial charge is 0.469 e. The molecule has 1 saturated carbocycles. The quantitative estimate of drug-likeness (QED) is 0.859. The van der Waals surface area contributed by atoms with Crippen LogP contribution >= 0.6 is 0 Å². The summed E-state index contributed by atoms with van der Waals surface area (Å²) in [6.07, 6.45) is 5.82. The van der Waals surface area contributed by atoms with E-state index in [2.05, 4.69) is 30.2 Å². The highest BCUT2D eigenvalue weighted by molar-refractivity contribution is 5.72. The van der Waals surface area contributed by atoms with Gasteiger partial charge in [-0.15, -0.1) is 0 Å². The number of rotatable bonds is 4. The summed E-state index contributed by atoms with van der Waals surface area (Å²) in [4.78, 5) is 16.0. The molecule has 0 amide bonds. The van der Waals surface area contributed by atoms with Crippen molar-refractivity contribution >= 4 is 5.97 Å². The van der Waals surface area contributed by atoms with Crippen molar-refractivity contribution in [3.63, 3.8) is 0 Å². The summed E-state index contributed by atoms with van der Waals surface area (Å²) < 4.78 is 4.81. The van der Waals surface area contributed by atoms with Crippen LogP contribution in [0.2, 0.25) is 0 Å². The maximum Gasteiger partial charge on any atom is 0.308 e. The van der Waals surface area contributed by atoms with E-state index in [4.69, 9.17) is 4.74 Å². The van der Waals surface area contributed by atoms with Crippen LogP contribution in [0.5, 0.6) is 0 Å². The fourth-order valence-electron chi connectivity index (χ4n) is 2.87. The Kier molecular flexibility index (Phi) is 5.12. The molecule has 1 aromatic heterocycles. The van der Waals surface area contributed by atoms with Crippen LogP contribution in [-0.4, -0.2) is 24.1 Å². The van der Waals surface area contributed by atoms with Gasteiger partial charge in [0, 0.05) is 18.8 Å². The van der Waals surface area contributed by atoms with Gasteiger partial charge in [-0.25, -0.2) is 0 Å². The number of pyridine rings is 1. The number of hydrogen-bond acceptors (Lipinski definition) is 4. The molecule has 1 fully saturated rings. The molecule has 0 aliphatic heterocycles. The normalized spacial score (nSPS) is 22.6. The Balaban J connectivity index is 1.80. The first kappa shape index (κ1) is 15.0. The summed E-state index contributed by atoms with van der Waals surface area (Å²) in [7, 11) is 1.47. The molecule has 2 rings (SSSR count). The molecule has 4 heteroatoms. The van der Waals surface area contributed by atoms with Crippen LogP contribution in [0, 0.1) is 19.8 Å². The highest BCUT2D eigenvalue weighted by Crippen LogP contribution is 2.25. The molecule has 0 bridgehead atoms. The standard InChI is InChI=1S/C16H24N2O2/c1-11-8-12(2)15(18-9-11)10-17-14-6-4-13(5-7-14)16(19)20-3/h8-9,13-14,17H,4-7,10H2,1-3H3/t13-,14-. The number of carbonyl (C=O) groups excluding carboxylic acids is 1. The van der Waals surface area contributed by atoms with Crippen LogP contribution in [0.4, 0.5) is 0 Å². The molecule has 1 aromatic rings.